The van der Waals surface area contributed by atoms with Crippen LogP contribution in [0.4, 0.5) is 0 Å². The molecule has 0 aliphatic carbocycles. The number of carbonyl (C=O) groups excluding carboxylic acids is 1. The van der Waals surface area contributed by atoms with E-state index in [-0.39, 0.29) is 17.9 Å². The molecule has 0 unspecified atom stereocenters. The summed E-state index contributed by atoms with van der Waals surface area (Å²) in [5.41, 5.74) is 3.36. The molecular weight excluding hydrogens is 288 g/mol. The molecule has 0 radical (unpaired) electrons. The van der Waals surface area contributed by atoms with E-state index in [0.29, 0.717) is 12.1 Å². The van der Waals surface area contributed by atoms with Gasteiger partial charge < -0.3 is 10.4 Å². The van der Waals surface area contributed by atoms with Gasteiger partial charge in [0.25, 0.3) is 5.91 Å². The van der Waals surface area contributed by atoms with Gasteiger partial charge in [0.05, 0.1) is 16.8 Å². The molecule has 0 aliphatic rings. The molecule has 4 nitrogen and oxygen atoms in total. The topological polar surface area (TPSA) is 62.2 Å². The summed E-state index contributed by atoms with van der Waals surface area (Å²) in [5.74, 6) is -0.0840. The Morgan fingerprint density at radius 2 is 2.00 bits per heavy atom. The largest absolute Gasteiger partial charge is 0.396 e. The highest BCUT2D eigenvalue weighted by atomic mass is 16.3. The molecule has 1 aromatic carbocycles. The predicted molar refractivity (Wildman–Crippen MR) is 93.7 cm³/mol. The number of amides is 1. The zero-order chi connectivity index (χ0) is 17.0. The summed E-state index contributed by atoms with van der Waals surface area (Å²) in [6, 6.07) is 7.96. The highest BCUT2D eigenvalue weighted by Crippen LogP contribution is 2.21. The average molecular weight is 314 g/mol. The Balaban J connectivity index is 2.03. The van der Waals surface area contributed by atoms with E-state index >= 15 is 0 Å². The van der Waals surface area contributed by atoms with Crippen molar-refractivity contribution >= 4 is 16.8 Å². The van der Waals surface area contributed by atoms with E-state index < -0.39 is 0 Å². The van der Waals surface area contributed by atoms with Crippen LogP contribution in [0, 0.1) is 19.3 Å². The molecule has 1 heterocycles. The normalized spacial score (nSPS) is 11.7. The van der Waals surface area contributed by atoms with E-state index in [2.05, 4.69) is 10.3 Å². The first-order valence-electron chi connectivity index (χ1n) is 8.09. The molecule has 23 heavy (non-hydrogen) atoms. The van der Waals surface area contributed by atoms with Gasteiger partial charge in [-0.05, 0) is 49.8 Å². The first-order valence-corrected chi connectivity index (χ1v) is 8.09. The van der Waals surface area contributed by atoms with Crippen molar-refractivity contribution in [3.8, 4) is 0 Å². The van der Waals surface area contributed by atoms with Crippen LogP contribution in [0.2, 0.25) is 0 Å². The molecule has 0 spiro atoms. The van der Waals surface area contributed by atoms with Crippen molar-refractivity contribution in [2.24, 2.45) is 5.41 Å². The summed E-state index contributed by atoms with van der Waals surface area (Å²) in [6.07, 6.45) is 1.72. The second-order valence-electron chi connectivity index (χ2n) is 7.00. The second-order valence-corrected chi connectivity index (χ2v) is 7.00. The summed E-state index contributed by atoms with van der Waals surface area (Å²) in [4.78, 5) is 16.9. The first-order chi connectivity index (χ1) is 10.8. The van der Waals surface area contributed by atoms with Crippen LogP contribution in [-0.4, -0.2) is 29.1 Å². The van der Waals surface area contributed by atoms with Crippen LogP contribution in [0.5, 0.6) is 0 Å². The third-order valence-electron chi connectivity index (χ3n) is 4.15. The molecule has 124 valence electrons. The number of aromatic nitrogens is 1. The van der Waals surface area contributed by atoms with Gasteiger partial charge in [-0.25, -0.2) is 0 Å². The number of aryl methyl sites for hydroxylation is 2. The summed E-state index contributed by atoms with van der Waals surface area (Å²) < 4.78 is 0. The third-order valence-corrected chi connectivity index (χ3v) is 4.15. The van der Waals surface area contributed by atoms with E-state index in [0.717, 1.165) is 35.0 Å². The molecule has 2 aromatic rings. The number of rotatable bonds is 6. The van der Waals surface area contributed by atoms with Gasteiger partial charge in [-0.1, -0.05) is 26.0 Å². The Labute approximate surface area is 137 Å². The Morgan fingerprint density at radius 1 is 1.26 bits per heavy atom. The van der Waals surface area contributed by atoms with Gasteiger partial charge >= 0.3 is 0 Å². The van der Waals surface area contributed by atoms with Crippen molar-refractivity contribution in [2.45, 2.75) is 40.5 Å². The molecule has 0 aliphatic heterocycles. The van der Waals surface area contributed by atoms with Gasteiger partial charge in [0.1, 0.15) is 0 Å². The average Bonchev–Trinajstić information content (AvgIpc) is 2.50. The maximum atomic E-state index is 12.4. The molecule has 0 fully saturated rings. The molecule has 0 saturated carbocycles. The van der Waals surface area contributed by atoms with Crippen molar-refractivity contribution in [1.29, 1.82) is 0 Å². The van der Waals surface area contributed by atoms with E-state index in [1.165, 1.54) is 0 Å². The number of hydrogen-bond acceptors (Lipinski definition) is 3. The fourth-order valence-corrected chi connectivity index (χ4v) is 2.55. The quantitative estimate of drug-likeness (QED) is 0.804. The minimum absolute atomic E-state index is 0.0840. The second kappa shape index (κ2) is 7.09. The maximum absolute atomic E-state index is 12.4. The fraction of sp³-hybridized carbons (Fsp3) is 0.474. The summed E-state index contributed by atoms with van der Waals surface area (Å²) in [7, 11) is 0. The number of aliphatic hydroxyl groups is 1. The van der Waals surface area contributed by atoms with Crippen molar-refractivity contribution < 1.29 is 9.90 Å². The number of carbonyl (C=O) groups is 1. The lowest BCUT2D eigenvalue weighted by atomic mass is 9.89. The van der Waals surface area contributed by atoms with Crippen molar-refractivity contribution in [2.75, 3.05) is 13.2 Å². The summed E-state index contributed by atoms with van der Waals surface area (Å²) in [5, 5.41) is 13.2. The number of benzene rings is 1. The SMILES string of the molecule is Cc1ccc2cc(C(=O)NCCCC(C)(C)CO)c(C)nc2c1. The Bertz CT molecular complexity index is 708. The van der Waals surface area contributed by atoms with Gasteiger partial charge in [0, 0.05) is 18.5 Å². The van der Waals surface area contributed by atoms with Gasteiger partial charge in [-0.2, -0.15) is 0 Å². The number of fused-ring (bicyclic) bond motifs is 1. The molecule has 0 atom stereocenters. The Kier molecular flexibility index (Phi) is 5.37. The highest BCUT2D eigenvalue weighted by molar-refractivity contribution is 5.98. The first kappa shape index (κ1) is 17.4. The summed E-state index contributed by atoms with van der Waals surface area (Å²) >= 11 is 0. The number of pyridine rings is 1. The van der Waals surface area contributed by atoms with Crippen LogP contribution in [0.1, 0.15) is 48.3 Å². The number of aliphatic hydroxyl groups excluding tert-OH is 1. The molecule has 2 N–H and O–H groups in total. The van der Waals surface area contributed by atoms with Crippen molar-refractivity contribution in [3.63, 3.8) is 0 Å². The fourth-order valence-electron chi connectivity index (χ4n) is 2.55. The summed E-state index contributed by atoms with van der Waals surface area (Å²) in [6.45, 7) is 8.71. The molecule has 0 saturated heterocycles. The van der Waals surface area contributed by atoms with E-state index in [1.54, 1.807) is 0 Å². The molecule has 1 aromatic heterocycles. The van der Waals surface area contributed by atoms with Crippen LogP contribution < -0.4 is 5.32 Å². The van der Waals surface area contributed by atoms with Crippen molar-refractivity contribution in [1.82, 2.24) is 10.3 Å². The van der Waals surface area contributed by atoms with E-state index in [4.69, 9.17) is 0 Å². The zero-order valence-electron chi connectivity index (χ0n) is 14.4. The minimum atomic E-state index is -0.0942. The molecule has 2 rings (SSSR count). The van der Waals surface area contributed by atoms with Crippen LogP contribution in [-0.2, 0) is 0 Å². The number of nitrogens with one attached hydrogen (secondary N) is 1. The van der Waals surface area contributed by atoms with Crippen LogP contribution in [0.3, 0.4) is 0 Å². The van der Waals surface area contributed by atoms with Gasteiger partial charge in [-0.3, -0.25) is 9.78 Å². The van der Waals surface area contributed by atoms with Crippen LogP contribution in [0.15, 0.2) is 24.3 Å². The van der Waals surface area contributed by atoms with Gasteiger partial charge in [-0.15, -0.1) is 0 Å². The number of nitrogens with zero attached hydrogens (tertiary/aromatic N) is 1. The zero-order valence-corrected chi connectivity index (χ0v) is 14.4. The highest BCUT2D eigenvalue weighted by Gasteiger charge is 2.16. The smallest absolute Gasteiger partial charge is 0.253 e. The van der Waals surface area contributed by atoms with Gasteiger partial charge in [0.15, 0.2) is 0 Å². The maximum Gasteiger partial charge on any atom is 0.253 e. The van der Waals surface area contributed by atoms with Crippen LogP contribution >= 0.6 is 0 Å². The minimum Gasteiger partial charge on any atom is -0.396 e. The Hall–Kier alpha value is -1.94. The lowest BCUT2D eigenvalue weighted by molar-refractivity contribution is 0.0947. The standard InChI is InChI=1S/C19H26N2O2/c1-13-6-7-15-11-16(14(2)21-17(15)10-13)18(23)20-9-5-8-19(3,4)12-22/h6-7,10-11,22H,5,8-9,12H2,1-4H3,(H,20,23). The molecular formula is C19H26N2O2. The monoisotopic (exact) mass is 314 g/mol. The third kappa shape index (κ3) is 4.52. The lowest BCUT2D eigenvalue weighted by Crippen LogP contribution is -2.27. The lowest BCUT2D eigenvalue weighted by Gasteiger charge is -2.21. The predicted octanol–water partition coefficient (Wildman–Crippen LogP) is 3.38. The molecule has 0 bridgehead atoms. The molecule has 4 heteroatoms. The van der Waals surface area contributed by atoms with E-state index in [1.807, 2.05) is 52.0 Å². The van der Waals surface area contributed by atoms with E-state index in [9.17, 15) is 9.90 Å². The van der Waals surface area contributed by atoms with Crippen LogP contribution in [0.25, 0.3) is 10.9 Å². The number of hydrogen-bond donors (Lipinski definition) is 2. The Morgan fingerprint density at radius 3 is 2.70 bits per heavy atom. The molecule has 1 amide bonds. The van der Waals surface area contributed by atoms with Crippen molar-refractivity contribution in [3.05, 3.63) is 41.1 Å². The van der Waals surface area contributed by atoms with Gasteiger partial charge in [0.2, 0.25) is 0 Å².